The van der Waals surface area contributed by atoms with Crippen molar-refractivity contribution in [3.05, 3.63) is 76.9 Å². The van der Waals surface area contributed by atoms with Crippen LogP contribution in [0, 0.1) is 0 Å². The van der Waals surface area contributed by atoms with Gasteiger partial charge in [0.1, 0.15) is 5.76 Å². The highest BCUT2D eigenvalue weighted by molar-refractivity contribution is 7.91. The van der Waals surface area contributed by atoms with Gasteiger partial charge in [0, 0.05) is 11.6 Å². The molecule has 2 atom stereocenters. The number of amides is 1. The third kappa shape index (κ3) is 3.80. The Morgan fingerprint density at radius 2 is 1.69 bits per heavy atom. The molecule has 0 radical (unpaired) electrons. The van der Waals surface area contributed by atoms with Gasteiger partial charge in [-0.15, -0.1) is 0 Å². The number of ether oxygens (including phenoxy) is 1. The van der Waals surface area contributed by atoms with Gasteiger partial charge in [0.25, 0.3) is 11.7 Å². The molecule has 2 aromatic rings. The van der Waals surface area contributed by atoms with Crippen molar-refractivity contribution in [1.82, 2.24) is 4.90 Å². The smallest absolute Gasteiger partial charge is 0.337 e. The molecular weight excluding hydrogens is 434 g/mol. The van der Waals surface area contributed by atoms with Crippen molar-refractivity contribution in [2.24, 2.45) is 0 Å². The summed E-state index contributed by atoms with van der Waals surface area (Å²) >= 11 is 0. The van der Waals surface area contributed by atoms with Gasteiger partial charge in [0.2, 0.25) is 0 Å². The van der Waals surface area contributed by atoms with E-state index < -0.39 is 39.6 Å². The van der Waals surface area contributed by atoms with Crippen LogP contribution in [-0.4, -0.2) is 60.7 Å². The number of likely N-dealkylation sites (tertiary alicyclic amines) is 1. The number of benzene rings is 2. The average Bonchev–Trinajstić information content (AvgIpc) is 3.29. The molecule has 2 aliphatic heterocycles. The van der Waals surface area contributed by atoms with Crippen molar-refractivity contribution >= 4 is 33.3 Å². The van der Waals surface area contributed by atoms with Gasteiger partial charge in [-0.2, -0.15) is 0 Å². The lowest BCUT2D eigenvalue weighted by molar-refractivity contribution is -0.141. The summed E-state index contributed by atoms with van der Waals surface area (Å²) < 4.78 is 28.9. The molecule has 0 saturated carbocycles. The largest absolute Gasteiger partial charge is 0.507 e. The van der Waals surface area contributed by atoms with Crippen LogP contribution in [0.3, 0.4) is 0 Å². The number of carbonyl (C=O) groups is 3. The van der Waals surface area contributed by atoms with E-state index in [1.165, 1.54) is 24.1 Å². The maximum absolute atomic E-state index is 13.0. The number of carbonyl (C=O) groups excluding carboxylic acids is 3. The maximum Gasteiger partial charge on any atom is 0.337 e. The van der Waals surface area contributed by atoms with E-state index in [-0.39, 0.29) is 34.8 Å². The fraction of sp³-hybridized carbons (Fsp3) is 0.261. The van der Waals surface area contributed by atoms with Crippen molar-refractivity contribution in [2.75, 3.05) is 18.6 Å². The van der Waals surface area contributed by atoms with Gasteiger partial charge in [0.05, 0.1) is 35.8 Å². The lowest BCUT2D eigenvalue weighted by Gasteiger charge is -2.30. The first-order chi connectivity index (χ1) is 15.2. The minimum atomic E-state index is -3.34. The van der Waals surface area contributed by atoms with Gasteiger partial charge in [-0.1, -0.05) is 42.5 Å². The summed E-state index contributed by atoms with van der Waals surface area (Å²) in [7, 11) is -2.08. The molecule has 0 spiro atoms. The van der Waals surface area contributed by atoms with Crippen LogP contribution in [0.2, 0.25) is 0 Å². The van der Waals surface area contributed by atoms with Crippen molar-refractivity contribution in [3.8, 4) is 0 Å². The van der Waals surface area contributed by atoms with Crippen LogP contribution in [0.1, 0.15) is 33.9 Å². The molecule has 32 heavy (non-hydrogen) atoms. The fourth-order valence-corrected chi connectivity index (χ4v) is 5.93. The summed E-state index contributed by atoms with van der Waals surface area (Å²) in [6, 6.07) is 12.8. The Morgan fingerprint density at radius 1 is 1.03 bits per heavy atom. The molecule has 0 aromatic heterocycles. The number of hydrogen-bond donors (Lipinski definition) is 1. The Labute approximate surface area is 185 Å². The number of Topliss-reactive ketones (excluding diaryl/α,β-unsaturated/α-hetero) is 1. The first-order valence-corrected chi connectivity index (χ1v) is 11.8. The molecule has 2 saturated heterocycles. The molecule has 0 bridgehead atoms. The van der Waals surface area contributed by atoms with Gasteiger partial charge < -0.3 is 14.7 Å². The molecule has 8 nitrogen and oxygen atoms in total. The quantitative estimate of drug-likeness (QED) is 0.325. The molecule has 2 heterocycles. The normalized spacial score (nSPS) is 24.0. The highest BCUT2D eigenvalue weighted by Gasteiger charge is 2.50. The topological polar surface area (TPSA) is 118 Å². The van der Waals surface area contributed by atoms with Crippen LogP contribution >= 0.6 is 0 Å². The third-order valence-corrected chi connectivity index (χ3v) is 7.53. The SMILES string of the molecule is COC(=O)c1ccc(C2C(=C(O)c3ccccc3)C(=O)C(=O)N2C2CCS(=O)(=O)C2)cc1. The second-order valence-electron chi connectivity index (χ2n) is 7.74. The zero-order valence-corrected chi connectivity index (χ0v) is 18.0. The van der Waals surface area contributed by atoms with Crippen LogP contribution in [0.5, 0.6) is 0 Å². The zero-order chi connectivity index (χ0) is 23.0. The highest BCUT2D eigenvalue weighted by atomic mass is 32.2. The number of esters is 1. The second-order valence-corrected chi connectivity index (χ2v) is 9.97. The van der Waals surface area contributed by atoms with E-state index in [2.05, 4.69) is 0 Å². The number of nitrogens with zero attached hydrogens (tertiary/aromatic N) is 1. The Kier molecular flexibility index (Phi) is 5.60. The van der Waals surface area contributed by atoms with E-state index in [0.717, 1.165) is 0 Å². The minimum Gasteiger partial charge on any atom is -0.507 e. The Hall–Kier alpha value is -3.46. The van der Waals surface area contributed by atoms with Crippen molar-refractivity contribution in [3.63, 3.8) is 0 Å². The molecule has 4 rings (SSSR count). The fourth-order valence-electron chi connectivity index (χ4n) is 4.22. The molecular formula is C23H21NO7S. The first kappa shape index (κ1) is 21.8. The molecule has 2 aliphatic rings. The van der Waals surface area contributed by atoms with Gasteiger partial charge >= 0.3 is 5.97 Å². The molecule has 9 heteroatoms. The van der Waals surface area contributed by atoms with Crippen LogP contribution in [-0.2, 0) is 24.2 Å². The number of ketones is 1. The number of aliphatic hydroxyl groups is 1. The summed E-state index contributed by atoms with van der Waals surface area (Å²) in [4.78, 5) is 39.1. The van der Waals surface area contributed by atoms with Gasteiger partial charge in [-0.25, -0.2) is 13.2 Å². The number of rotatable bonds is 4. The molecule has 2 fully saturated rings. The van der Waals surface area contributed by atoms with E-state index in [1.54, 1.807) is 42.5 Å². The monoisotopic (exact) mass is 455 g/mol. The lowest BCUT2D eigenvalue weighted by Crippen LogP contribution is -2.40. The first-order valence-electron chi connectivity index (χ1n) is 9.97. The molecule has 166 valence electrons. The summed E-state index contributed by atoms with van der Waals surface area (Å²) in [5.41, 5.74) is 0.996. The van der Waals surface area contributed by atoms with E-state index in [4.69, 9.17) is 4.74 Å². The van der Waals surface area contributed by atoms with E-state index in [1.807, 2.05) is 0 Å². The molecule has 2 unspecified atom stereocenters. The number of sulfone groups is 1. The van der Waals surface area contributed by atoms with Gasteiger partial charge in [0.15, 0.2) is 9.84 Å². The maximum atomic E-state index is 13.0. The molecule has 1 amide bonds. The Bertz CT molecular complexity index is 1220. The Balaban J connectivity index is 1.86. The third-order valence-electron chi connectivity index (χ3n) is 5.78. The summed E-state index contributed by atoms with van der Waals surface area (Å²) in [5, 5.41) is 11.0. The summed E-state index contributed by atoms with van der Waals surface area (Å²) in [6.07, 6.45) is 0.206. The highest BCUT2D eigenvalue weighted by Crippen LogP contribution is 2.42. The second kappa shape index (κ2) is 8.23. The van der Waals surface area contributed by atoms with Crippen LogP contribution in [0.15, 0.2) is 60.2 Å². The summed E-state index contributed by atoms with van der Waals surface area (Å²) in [6.45, 7) is 0. The average molecular weight is 455 g/mol. The number of aliphatic hydroxyl groups excluding tert-OH is 1. The van der Waals surface area contributed by atoms with Gasteiger partial charge in [-0.3, -0.25) is 9.59 Å². The van der Waals surface area contributed by atoms with Gasteiger partial charge in [-0.05, 0) is 24.1 Å². The van der Waals surface area contributed by atoms with Crippen molar-refractivity contribution < 1.29 is 32.6 Å². The number of methoxy groups -OCH3 is 1. The van der Waals surface area contributed by atoms with Crippen LogP contribution in [0.25, 0.3) is 5.76 Å². The van der Waals surface area contributed by atoms with Crippen molar-refractivity contribution in [1.29, 1.82) is 0 Å². The van der Waals surface area contributed by atoms with Crippen LogP contribution < -0.4 is 0 Å². The standard InChI is InChI=1S/C23H21NO7S/c1-31-23(28)16-9-7-14(8-10-16)19-18(20(25)15-5-3-2-4-6-15)21(26)22(27)24(19)17-11-12-32(29,30)13-17/h2-10,17,19,25H,11-13H2,1H3. The van der Waals surface area contributed by atoms with Crippen molar-refractivity contribution in [2.45, 2.75) is 18.5 Å². The summed E-state index contributed by atoms with van der Waals surface area (Å²) in [5.74, 6) is -2.94. The zero-order valence-electron chi connectivity index (χ0n) is 17.2. The van der Waals surface area contributed by atoms with E-state index in [0.29, 0.717) is 11.1 Å². The molecule has 2 aromatic carbocycles. The predicted octanol–water partition coefficient (Wildman–Crippen LogP) is 2.08. The molecule has 1 N–H and O–H groups in total. The Morgan fingerprint density at radius 3 is 2.25 bits per heavy atom. The minimum absolute atomic E-state index is 0.0760. The van der Waals surface area contributed by atoms with E-state index >= 15 is 0 Å². The molecule has 0 aliphatic carbocycles. The lowest BCUT2D eigenvalue weighted by atomic mass is 9.94. The predicted molar refractivity (Wildman–Crippen MR) is 115 cm³/mol. The number of hydrogen-bond acceptors (Lipinski definition) is 7. The van der Waals surface area contributed by atoms with Crippen LogP contribution in [0.4, 0.5) is 0 Å². The van der Waals surface area contributed by atoms with E-state index in [9.17, 15) is 27.9 Å².